The number of rotatable bonds is 6. The molecule has 1 heterocycles. The molecule has 0 spiro atoms. The molecule has 0 N–H and O–H groups in total. The summed E-state index contributed by atoms with van der Waals surface area (Å²) in [6, 6.07) is 7.80. The maximum absolute atomic E-state index is 12.1. The van der Waals surface area contributed by atoms with Gasteiger partial charge in [-0.1, -0.05) is 47.5 Å². The predicted octanol–water partition coefficient (Wildman–Crippen LogP) is 2.49. The Labute approximate surface area is 149 Å². The zero-order valence-corrected chi connectivity index (χ0v) is 14.8. The van der Waals surface area contributed by atoms with Gasteiger partial charge in [0.15, 0.2) is 0 Å². The van der Waals surface area contributed by atoms with Crippen molar-refractivity contribution < 1.29 is 9.53 Å². The minimum atomic E-state index is -0.510. The second-order valence-corrected chi connectivity index (χ2v) is 6.03. The normalized spacial score (nSPS) is 10.9. The molecule has 0 atom stereocenters. The van der Waals surface area contributed by atoms with Gasteiger partial charge >= 0.3 is 5.97 Å². The van der Waals surface area contributed by atoms with Crippen LogP contribution in [-0.4, -0.2) is 34.3 Å². The molecule has 128 valence electrons. The van der Waals surface area contributed by atoms with Crippen LogP contribution in [0.4, 0.5) is 0 Å². The zero-order chi connectivity index (χ0) is 17.7. The lowest BCUT2D eigenvalue weighted by molar-refractivity contribution is -0.142. The van der Waals surface area contributed by atoms with Gasteiger partial charge in [0.25, 0.3) is 5.56 Å². The number of aromatic nitrogens is 2. The second kappa shape index (κ2) is 8.28. The number of aryl methyl sites for hydroxylation is 1. The molecule has 24 heavy (non-hydrogen) atoms. The maximum atomic E-state index is 12.1. The van der Waals surface area contributed by atoms with Crippen LogP contribution >= 0.6 is 23.2 Å². The Morgan fingerprint density at radius 2 is 2.04 bits per heavy atom. The average molecular weight is 370 g/mol. The molecule has 2 rings (SSSR count). The highest BCUT2D eigenvalue weighted by atomic mass is 35.5. The van der Waals surface area contributed by atoms with Crippen LogP contribution in [0.25, 0.3) is 0 Å². The van der Waals surface area contributed by atoms with Gasteiger partial charge in [0.2, 0.25) is 0 Å². The van der Waals surface area contributed by atoms with Crippen molar-refractivity contribution in [2.24, 2.45) is 0 Å². The summed E-state index contributed by atoms with van der Waals surface area (Å²) in [6.45, 7) is 2.53. The summed E-state index contributed by atoms with van der Waals surface area (Å²) >= 11 is 11.7. The highest BCUT2D eigenvalue weighted by molar-refractivity contribution is 6.41. The average Bonchev–Trinajstić information content (AvgIpc) is 2.57. The van der Waals surface area contributed by atoms with Gasteiger partial charge < -0.3 is 4.74 Å². The second-order valence-electron chi connectivity index (χ2n) is 5.24. The van der Waals surface area contributed by atoms with E-state index < -0.39 is 11.5 Å². The van der Waals surface area contributed by atoms with E-state index in [1.54, 1.807) is 4.90 Å². The minimum absolute atomic E-state index is 0.0131. The fourth-order valence-corrected chi connectivity index (χ4v) is 2.44. The number of carbonyl (C=O) groups excluding carboxylic acids is 1. The Bertz CT molecular complexity index is 792. The zero-order valence-electron chi connectivity index (χ0n) is 13.3. The SMILES string of the molecule is COC(=O)CN(Cc1ccccc1C)Cn1ncc(Cl)c(Cl)c1=O. The molecule has 0 bridgehead atoms. The van der Waals surface area contributed by atoms with Crippen LogP contribution < -0.4 is 5.56 Å². The first-order valence-corrected chi connectivity index (χ1v) is 7.92. The standard InChI is InChI=1S/C16H17Cl2N3O3/c1-11-5-3-4-6-12(11)8-20(9-14(22)24-2)10-21-16(23)15(18)13(17)7-19-21/h3-7H,8-10H2,1-2H3. The lowest BCUT2D eigenvalue weighted by Crippen LogP contribution is -2.37. The third kappa shape index (κ3) is 4.56. The molecule has 2 aromatic rings. The molecule has 1 aromatic carbocycles. The Hall–Kier alpha value is -1.89. The van der Waals surface area contributed by atoms with Crippen LogP contribution in [-0.2, 0) is 22.7 Å². The molecule has 1 aromatic heterocycles. The van der Waals surface area contributed by atoms with Crippen molar-refractivity contribution in [2.45, 2.75) is 20.1 Å². The van der Waals surface area contributed by atoms with Crippen LogP contribution in [0.3, 0.4) is 0 Å². The van der Waals surface area contributed by atoms with E-state index in [4.69, 9.17) is 27.9 Å². The van der Waals surface area contributed by atoms with E-state index in [0.29, 0.717) is 6.54 Å². The minimum Gasteiger partial charge on any atom is -0.468 e. The molecule has 0 saturated carbocycles. The summed E-state index contributed by atoms with van der Waals surface area (Å²) < 4.78 is 5.89. The molecule has 0 aliphatic carbocycles. The number of hydrogen-bond acceptors (Lipinski definition) is 5. The van der Waals surface area contributed by atoms with E-state index in [9.17, 15) is 9.59 Å². The number of hydrogen-bond donors (Lipinski definition) is 0. The maximum Gasteiger partial charge on any atom is 0.319 e. The summed E-state index contributed by atoms with van der Waals surface area (Å²) in [5.41, 5.74) is 1.61. The molecule has 0 fully saturated rings. The van der Waals surface area contributed by atoms with Crippen LogP contribution in [0.5, 0.6) is 0 Å². The first kappa shape index (κ1) is 18.4. The predicted molar refractivity (Wildman–Crippen MR) is 92.1 cm³/mol. The fourth-order valence-electron chi connectivity index (χ4n) is 2.17. The summed E-state index contributed by atoms with van der Waals surface area (Å²) in [6.07, 6.45) is 1.30. The molecule has 0 unspecified atom stereocenters. The monoisotopic (exact) mass is 369 g/mol. The van der Waals surface area contributed by atoms with Crippen molar-refractivity contribution >= 4 is 29.2 Å². The molecule has 0 aliphatic heterocycles. The molecule has 0 saturated heterocycles. The summed E-state index contributed by atoms with van der Waals surface area (Å²) in [5, 5.41) is 3.97. The van der Waals surface area contributed by atoms with Crippen molar-refractivity contribution in [3.05, 3.63) is 62.0 Å². The lowest BCUT2D eigenvalue weighted by Gasteiger charge is -2.22. The number of esters is 1. The van der Waals surface area contributed by atoms with Gasteiger partial charge in [-0.25, -0.2) is 4.68 Å². The third-order valence-electron chi connectivity index (χ3n) is 3.51. The van der Waals surface area contributed by atoms with Gasteiger partial charge in [0, 0.05) is 6.54 Å². The lowest BCUT2D eigenvalue weighted by atomic mass is 10.1. The molecule has 0 radical (unpaired) electrons. The van der Waals surface area contributed by atoms with Crippen LogP contribution in [0, 0.1) is 6.92 Å². The highest BCUT2D eigenvalue weighted by Gasteiger charge is 2.16. The Kier molecular flexibility index (Phi) is 6.36. The number of halogens is 2. The Balaban J connectivity index is 2.27. The third-order valence-corrected chi connectivity index (χ3v) is 4.26. The largest absolute Gasteiger partial charge is 0.468 e. The quantitative estimate of drug-likeness (QED) is 0.731. The van der Waals surface area contributed by atoms with Gasteiger partial charge in [-0.2, -0.15) is 5.10 Å². The van der Waals surface area contributed by atoms with Crippen LogP contribution in [0.15, 0.2) is 35.3 Å². The van der Waals surface area contributed by atoms with Gasteiger partial charge in [0.1, 0.15) is 5.02 Å². The molecule has 0 aliphatic rings. The number of ether oxygens (including phenoxy) is 1. The van der Waals surface area contributed by atoms with Crippen molar-refractivity contribution in [1.29, 1.82) is 0 Å². The number of methoxy groups -OCH3 is 1. The van der Waals surface area contributed by atoms with Gasteiger partial charge in [0.05, 0.1) is 31.5 Å². The van der Waals surface area contributed by atoms with E-state index in [2.05, 4.69) is 5.10 Å². The number of nitrogens with zero attached hydrogens (tertiary/aromatic N) is 3. The topological polar surface area (TPSA) is 64.4 Å². The summed E-state index contributed by atoms with van der Waals surface area (Å²) in [5.74, 6) is -0.406. The first-order chi connectivity index (χ1) is 11.4. The van der Waals surface area contributed by atoms with Crippen molar-refractivity contribution in [1.82, 2.24) is 14.7 Å². The molecular weight excluding hydrogens is 353 g/mol. The number of benzene rings is 1. The van der Waals surface area contributed by atoms with E-state index in [1.807, 2.05) is 31.2 Å². The summed E-state index contributed by atoms with van der Waals surface area (Å²) in [7, 11) is 1.32. The Morgan fingerprint density at radius 1 is 1.33 bits per heavy atom. The van der Waals surface area contributed by atoms with E-state index in [1.165, 1.54) is 13.3 Å². The molecule has 0 amide bonds. The fraction of sp³-hybridized carbons (Fsp3) is 0.312. The molecule has 6 nitrogen and oxygen atoms in total. The summed E-state index contributed by atoms with van der Waals surface area (Å²) in [4.78, 5) is 25.6. The van der Waals surface area contributed by atoms with Gasteiger partial charge in [-0.3, -0.25) is 14.5 Å². The smallest absolute Gasteiger partial charge is 0.319 e. The van der Waals surface area contributed by atoms with Crippen molar-refractivity contribution in [2.75, 3.05) is 13.7 Å². The van der Waals surface area contributed by atoms with Gasteiger partial charge in [-0.15, -0.1) is 0 Å². The van der Waals surface area contributed by atoms with Gasteiger partial charge in [-0.05, 0) is 18.1 Å². The number of carbonyl (C=O) groups is 1. The highest BCUT2D eigenvalue weighted by Crippen LogP contribution is 2.15. The van der Waals surface area contributed by atoms with E-state index >= 15 is 0 Å². The van der Waals surface area contributed by atoms with Crippen LogP contribution in [0.1, 0.15) is 11.1 Å². The van der Waals surface area contributed by atoms with E-state index in [0.717, 1.165) is 15.8 Å². The van der Waals surface area contributed by atoms with Crippen molar-refractivity contribution in [3.63, 3.8) is 0 Å². The first-order valence-electron chi connectivity index (χ1n) is 7.17. The molecular formula is C16H17Cl2N3O3. The van der Waals surface area contributed by atoms with Crippen molar-refractivity contribution in [3.8, 4) is 0 Å². The molecule has 8 heteroatoms. The van der Waals surface area contributed by atoms with E-state index in [-0.39, 0.29) is 23.3 Å². The Morgan fingerprint density at radius 3 is 2.71 bits per heavy atom. The van der Waals surface area contributed by atoms with Crippen LogP contribution in [0.2, 0.25) is 10.0 Å².